The lowest BCUT2D eigenvalue weighted by molar-refractivity contribution is -0.121. The largest absolute Gasteiger partial charge is 0.502 e. The standard InChI is InChI=1S/C21H31NO7S2/c1-26-17-13-15(14-18(27-2)20(17)24)21(25)29-11-10-28-9-8-22-19(23)6-4-3-5-16-7-12-30-31-16/h13-14,16,24H,3-12H2,1-2H3,(H,22,23). The Morgan fingerprint density at radius 2 is 1.87 bits per heavy atom. The number of methoxy groups -OCH3 is 2. The zero-order valence-corrected chi connectivity index (χ0v) is 19.6. The van der Waals surface area contributed by atoms with Crippen molar-refractivity contribution >= 4 is 33.5 Å². The average Bonchev–Trinajstić information content (AvgIpc) is 3.29. The molecule has 1 fully saturated rings. The molecule has 8 nitrogen and oxygen atoms in total. The quantitative estimate of drug-likeness (QED) is 0.239. The molecule has 0 radical (unpaired) electrons. The molecule has 0 bridgehead atoms. The molecule has 174 valence electrons. The summed E-state index contributed by atoms with van der Waals surface area (Å²) in [5, 5.41) is 13.5. The SMILES string of the molecule is COc1cc(C(=O)OCCOCCNC(=O)CCCCC2CCSS2)cc(OC)c1O. The molecule has 1 heterocycles. The van der Waals surface area contributed by atoms with Gasteiger partial charge in [-0.25, -0.2) is 4.79 Å². The van der Waals surface area contributed by atoms with Crippen LogP contribution in [-0.4, -0.2) is 68.6 Å². The summed E-state index contributed by atoms with van der Waals surface area (Å²) in [7, 11) is 6.68. The Labute approximate surface area is 191 Å². The maximum Gasteiger partial charge on any atom is 0.338 e. The Balaban J connectivity index is 1.52. The van der Waals surface area contributed by atoms with Crippen molar-refractivity contribution in [2.24, 2.45) is 0 Å². The second-order valence-corrected chi connectivity index (χ2v) is 9.69. The van der Waals surface area contributed by atoms with Crippen molar-refractivity contribution in [3.63, 3.8) is 0 Å². The van der Waals surface area contributed by atoms with Gasteiger partial charge in [0.15, 0.2) is 11.5 Å². The van der Waals surface area contributed by atoms with Gasteiger partial charge >= 0.3 is 5.97 Å². The Morgan fingerprint density at radius 1 is 1.13 bits per heavy atom. The number of carbonyl (C=O) groups is 2. The third kappa shape index (κ3) is 9.08. The van der Waals surface area contributed by atoms with E-state index in [-0.39, 0.29) is 41.9 Å². The molecule has 1 unspecified atom stereocenters. The molecule has 1 saturated heterocycles. The minimum atomic E-state index is -0.580. The minimum Gasteiger partial charge on any atom is -0.502 e. The Hall–Kier alpha value is -1.78. The fraction of sp³-hybridized carbons (Fsp3) is 0.619. The van der Waals surface area contributed by atoms with E-state index < -0.39 is 5.97 Å². The van der Waals surface area contributed by atoms with Crippen molar-refractivity contribution < 1.29 is 33.6 Å². The summed E-state index contributed by atoms with van der Waals surface area (Å²) in [6.45, 7) is 1.05. The highest BCUT2D eigenvalue weighted by atomic mass is 33.1. The number of benzene rings is 1. The van der Waals surface area contributed by atoms with Crippen molar-refractivity contribution in [3.05, 3.63) is 17.7 Å². The van der Waals surface area contributed by atoms with E-state index >= 15 is 0 Å². The van der Waals surface area contributed by atoms with Crippen LogP contribution in [-0.2, 0) is 14.3 Å². The van der Waals surface area contributed by atoms with Crippen LogP contribution in [0.2, 0.25) is 0 Å². The summed E-state index contributed by atoms with van der Waals surface area (Å²) in [5.74, 6) is 0.764. The zero-order valence-electron chi connectivity index (χ0n) is 18.0. The zero-order chi connectivity index (χ0) is 22.5. The molecule has 1 aliphatic heterocycles. The van der Waals surface area contributed by atoms with E-state index in [9.17, 15) is 14.7 Å². The predicted octanol–water partition coefficient (Wildman–Crippen LogP) is 3.41. The summed E-state index contributed by atoms with van der Waals surface area (Å²) in [5.41, 5.74) is 0.198. The van der Waals surface area contributed by atoms with E-state index in [0.717, 1.165) is 18.1 Å². The molecule has 1 aliphatic rings. The summed E-state index contributed by atoms with van der Waals surface area (Å²) in [6, 6.07) is 2.75. The lowest BCUT2D eigenvalue weighted by Gasteiger charge is -2.11. The Morgan fingerprint density at radius 3 is 2.52 bits per heavy atom. The fourth-order valence-electron chi connectivity index (χ4n) is 2.96. The highest BCUT2D eigenvalue weighted by Gasteiger charge is 2.17. The van der Waals surface area contributed by atoms with E-state index in [1.54, 1.807) is 0 Å². The number of ether oxygens (including phenoxy) is 4. The van der Waals surface area contributed by atoms with Crippen LogP contribution < -0.4 is 14.8 Å². The molecule has 1 atom stereocenters. The van der Waals surface area contributed by atoms with Gasteiger partial charge in [-0.1, -0.05) is 28.0 Å². The number of esters is 1. The van der Waals surface area contributed by atoms with Crippen LogP contribution in [0.5, 0.6) is 17.2 Å². The molecule has 1 amide bonds. The first-order valence-electron chi connectivity index (χ1n) is 10.3. The molecule has 0 aromatic heterocycles. The van der Waals surface area contributed by atoms with Gasteiger partial charge in [-0.05, 0) is 31.4 Å². The molecule has 1 aromatic rings. The lowest BCUT2D eigenvalue weighted by Crippen LogP contribution is -2.27. The Bertz CT molecular complexity index is 686. The van der Waals surface area contributed by atoms with Crippen molar-refractivity contribution in [3.8, 4) is 17.2 Å². The van der Waals surface area contributed by atoms with Gasteiger partial charge in [0.25, 0.3) is 0 Å². The number of aromatic hydroxyl groups is 1. The number of nitrogens with one attached hydrogen (secondary N) is 1. The van der Waals surface area contributed by atoms with Crippen molar-refractivity contribution in [2.75, 3.05) is 46.3 Å². The minimum absolute atomic E-state index is 0.0405. The van der Waals surface area contributed by atoms with Gasteiger partial charge in [-0.3, -0.25) is 4.79 Å². The van der Waals surface area contributed by atoms with Crippen molar-refractivity contribution in [1.82, 2.24) is 5.32 Å². The summed E-state index contributed by atoms with van der Waals surface area (Å²) < 4.78 is 20.6. The van der Waals surface area contributed by atoms with E-state index in [0.29, 0.717) is 19.6 Å². The summed E-state index contributed by atoms with van der Waals surface area (Å²) in [6.07, 6.45) is 5.02. The van der Waals surface area contributed by atoms with E-state index in [1.807, 2.05) is 21.6 Å². The number of amides is 1. The van der Waals surface area contributed by atoms with E-state index in [4.69, 9.17) is 18.9 Å². The van der Waals surface area contributed by atoms with Crippen LogP contribution in [0.25, 0.3) is 0 Å². The highest BCUT2D eigenvalue weighted by Crippen LogP contribution is 2.40. The first-order chi connectivity index (χ1) is 15.0. The molecule has 0 spiro atoms. The Kier molecular flexibility index (Phi) is 11.8. The summed E-state index contributed by atoms with van der Waals surface area (Å²) >= 11 is 0. The molecule has 2 N–H and O–H groups in total. The molecule has 10 heteroatoms. The highest BCUT2D eigenvalue weighted by molar-refractivity contribution is 8.77. The predicted molar refractivity (Wildman–Crippen MR) is 122 cm³/mol. The smallest absolute Gasteiger partial charge is 0.338 e. The van der Waals surface area contributed by atoms with Gasteiger partial charge in [0, 0.05) is 24.0 Å². The van der Waals surface area contributed by atoms with Crippen LogP contribution in [0.3, 0.4) is 0 Å². The molecule has 2 rings (SSSR count). The number of hydrogen-bond acceptors (Lipinski definition) is 9. The topological polar surface area (TPSA) is 103 Å². The average molecular weight is 474 g/mol. The maximum atomic E-state index is 12.1. The monoisotopic (exact) mass is 473 g/mol. The van der Waals surface area contributed by atoms with Gasteiger partial charge in [-0.15, -0.1) is 0 Å². The fourth-order valence-corrected chi connectivity index (χ4v) is 5.99. The van der Waals surface area contributed by atoms with Gasteiger partial charge in [0.2, 0.25) is 11.7 Å². The molecule has 1 aromatic carbocycles. The van der Waals surface area contributed by atoms with Crippen LogP contribution in [0.4, 0.5) is 0 Å². The van der Waals surface area contributed by atoms with Crippen LogP contribution in [0, 0.1) is 0 Å². The first-order valence-corrected chi connectivity index (χ1v) is 12.7. The summed E-state index contributed by atoms with van der Waals surface area (Å²) in [4.78, 5) is 24.0. The third-order valence-corrected chi connectivity index (χ3v) is 7.66. The van der Waals surface area contributed by atoms with Crippen molar-refractivity contribution in [2.45, 2.75) is 37.4 Å². The van der Waals surface area contributed by atoms with Gasteiger partial charge in [-0.2, -0.15) is 0 Å². The number of phenolic OH excluding ortho intramolecular Hbond substituents is 1. The number of phenols is 1. The van der Waals surface area contributed by atoms with Crippen molar-refractivity contribution in [1.29, 1.82) is 0 Å². The number of carbonyl (C=O) groups excluding carboxylic acids is 2. The molecule has 0 aliphatic carbocycles. The third-order valence-electron chi connectivity index (χ3n) is 4.65. The van der Waals surface area contributed by atoms with Gasteiger partial charge in [0.05, 0.1) is 33.0 Å². The molecular weight excluding hydrogens is 442 g/mol. The molecule has 0 saturated carbocycles. The number of unbranched alkanes of at least 4 members (excludes halogenated alkanes) is 1. The van der Waals surface area contributed by atoms with Crippen LogP contribution >= 0.6 is 21.6 Å². The molecule has 31 heavy (non-hydrogen) atoms. The van der Waals surface area contributed by atoms with E-state index in [2.05, 4.69) is 5.32 Å². The molecular formula is C21H31NO7S2. The van der Waals surface area contributed by atoms with Gasteiger partial charge in [0.1, 0.15) is 6.61 Å². The van der Waals surface area contributed by atoms with Crippen LogP contribution in [0.15, 0.2) is 12.1 Å². The van der Waals surface area contributed by atoms with Crippen LogP contribution in [0.1, 0.15) is 42.5 Å². The first kappa shape index (κ1) is 25.5. The maximum absolute atomic E-state index is 12.1. The second-order valence-electron chi connectivity index (χ2n) is 6.90. The van der Waals surface area contributed by atoms with E-state index in [1.165, 1.54) is 44.9 Å². The second kappa shape index (κ2) is 14.3. The number of hydrogen-bond donors (Lipinski definition) is 2. The lowest BCUT2D eigenvalue weighted by atomic mass is 10.1. The normalized spacial score (nSPS) is 15.5. The van der Waals surface area contributed by atoms with Gasteiger partial charge < -0.3 is 29.4 Å². The number of rotatable bonds is 14.